The molecule has 4 nitrogen and oxygen atoms in total. The number of nitrogens with one attached hydrogen (secondary N) is 1. The van der Waals surface area contributed by atoms with Crippen LogP contribution in [0.3, 0.4) is 0 Å². The van der Waals surface area contributed by atoms with Gasteiger partial charge in [-0.3, -0.25) is 9.88 Å². The monoisotopic (exact) mass is 375 g/mol. The van der Waals surface area contributed by atoms with Crippen molar-refractivity contribution in [1.29, 1.82) is 0 Å². The quantitative estimate of drug-likeness (QED) is 0.752. The van der Waals surface area contributed by atoms with Gasteiger partial charge in [0.15, 0.2) is 0 Å². The Morgan fingerprint density at radius 3 is 2.69 bits per heavy atom. The molecular weight excluding hydrogens is 346 g/mol. The molecule has 0 saturated carbocycles. The molecule has 1 N–H and O–H groups in total. The summed E-state index contributed by atoms with van der Waals surface area (Å²) >= 11 is 0. The number of ether oxygens (including phenoxy) is 1. The number of hydrogen-bond donors (Lipinski definition) is 1. The molecule has 1 saturated heterocycles. The van der Waals surface area contributed by atoms with Gasteiger partial charge < -0.3 is 10.1 Å². The van der Waals surface area contributed by atoms with Crippen LogP contribution in [0.2, 0.25) is 0 Å². The maximum absolute atomic E-state index is 5.84. The first-order valence-electron chi connectivity index (χ1n) is 9.20. The minimum Gasteiger partial charge on any atom is -0.384 e. The summed E-state index contributed by atoms with van der Waals surface area (Å²) < 4.78 is 5.84. The van der Waals surface area contributed by atoms with Crippen LogP contribution in [0.4, 0.5) is 5.69 Å². The van der Waals surface area contributed by atoms with Crippen molar-refractivity contribution in [2.24, 2.45) is 5.41 Å². The number of benzene rings is 1. The molecule has 0 aliphatic carbocycles. The standard InChI is InChI=1S/C21H29N3O.ClH/c1-3-25-17-21(15-23-20-7-5-4-6-8-20)11-12-24(16-21)14-19-10-9-18(2)22-13-19;/h4-10,13,23H,3,11-12,14-17H2,1-2H3;1H/t21-;/m1./s1. The molecule has 0 bridgehead atoms. The number of nitrogens with zero attached hydrogens (tertiary/aromatic N) is 2. The van der Waals surface area contributed by atoms with Crippen molar-refractivity contribution in [2.45, 2.75) is 26.8 Å². The third-order valence-electron chi connectivity index (χ3n) is 4.95. The lowest BCUT2D eigenvalue weighted by molar-refractivity contribution is 0.0612. The van der Waals surface area contributed by atoms with Crippen LogP contribution in [-0.2, 0) is 11.3 Å². The maximum Gasteiger partial charge on any atom is 0.0551 e. The highest BCUT2D eigenvalue weighted by Crippen LogP contribution is 2.32. The second-order valence-electron chi connectivity index (χ2n) is 7.13. The number of likely N-dealkylation sites (tertiary alicyclic amines) is 1. The Bertz CT molecular complexity index is 650. The number of aromatic nitrogens is 1. The molecule has 0 radical (unpaired) electrons. The van der Waals surface area contributed by atoms with Gasteiger partial charge in [-0.2, -0.15) is 0 Å². The average Bonchev–Trinajstić information content (AvgIpc) is 3.04. The maximum atomic E-state index is 5.84. The predicted molar refractivity (Wildman–Crippen MR) is 110 cm³/mol. The van der Waals surface area contributed by atoms with Gasteiger partial charge >= 0.3 is 0 Å². The zero-order valence-electron chi connectivity index (χ0n) is 15.8. The highest BCUT2D eigenvalue weighted by atomic mass is 35.5. The molecule has 1 atom stereocenters. The van der Waals surface area contributed by atoms with E-state index in [1.54, 1.807) is 0 Å². The summed E-state index contributed by atoms with van der Waals surface area (Å²) in [5.41, 5.74) is 3.71. The molecule has 26 heavy (non-hydrogen) atoms. The van der Waals surface area contributed by atoms with Gasteiger partial charge in [-0.1, -0.05) is 24.3 Å². The molecular formula is C21H30ClN3O. The van der Waals surface area contributed by atoms with Crippen LogP contribution in [-0.4, -0.2) is 42.7 Å². The number of halogens is 1. The molecule has 0 amide bonds. The smallest absolute Gasteiger partial charge is 0.0551 e. The minimum absolute atomic E-state index is 0. The van der Waals surface area contributed by atoms with Gasteiger partial charge in [-0.15, -0.1) is 12.4 Å². The fraction of sp³-hybridized carbons (Fsp3) is 0.476. The molecule has 1 aliphatic rings. The van der Waals surface area contributed by atoms with Crippen LogP contribution >= 0.6 is 12.4 Å². The largest absolute Gasteiger partial charge is 0.384 e. The van der Waals surface area contributed by atoms with Crippen molar-refractivity contribution < 1.29 is 4.74 Å². The van der Waals surface area contributed by atoms with Crippen molar-refractivity contribution in [1.82, 2.24) is 9.88 Å². The van der Waals surface area contributed by atoms with Crippen molar-refractivity contribution in [2.75, 3.05) is 38.2 Å². The molecule has 142 valence electrons. The Morgan fingerprint density at radius 2 is 2.00 bits per heavy atom. The summed E-state index contributed by atoms with van der Waals surface area (Å²) in [6.07, 6.45) is 3.16. The Kier molecular flexibility index (Phi) is 7.88. The van der Waals surface area contributed by atoms with E-state index in [4.69, 9.17) is 4.74 Å². The second kappa shape index (κ2) is 9.91. The van der Waals surface area contributed by atoms with E-state index in [1.165, 1.54) is 11.3 Å². The number of rotatable bonds is 8. The first-order valence-corrected chi connectivity index (χ1v) is 9.20. The molecule has 0 unspecified atom stereocenters. The van der Waals surface area contributed by atoms with E-state index in [-0.39, 0.29) is 17.8 Å². The predicted octanol–water partition coefficient (Wildman–Crippen LogP) is 4.15. The van der Waals surface area contributed by atoms with E-state index in [1.807, 2.05) is 19.2 Å². The molecule has 1 fully saturated rings. The van der Waals surface area contributed by atoms with E-state index in [0.717, 1.165) is 51.5 Å². The van der Waals surface area contributed by atoms with Gasteiger partial charge in [-0.05, 0) is 50.6 Å². The van der Waals surface area contributed by atoms with Crippen LogP contribution in [0.25, 0.3) is 0 Å². The van der Waals surface area contributed by atoms with Crippen molar-refractivity contribution >= 4 is 18.1 Å². The zero-order valence-corrected chi connectivity index (χ0v) is 16.6. The van der Waals surface area contributed by atoms with E-state index >= 15 is 0 Å². The summed E-state index contributed by atoms with van der Waals surface area (Å²) in [6.45, 7) is 9.76. The van der Waals surface area contributed by atoms with Crippen LogP contribution < -0.4 is 5.32 Å². The molecule has 0 spiro atoms. The molecule has 2 heterocycles. The van der Waals surface area contributed by atoms with Gasteiger partial charge in [0.05, 0.1) is 6.61 Å². The van der Waals surface area contributed by atoms with Gasteiger partial charge in [0, 0.05) is 49.2 Å². The van der Waals surface area contributed by atoms with Gasteiger partial charge in [0.1, 0.15) is 0 Å². The van der Waals surface area contributed by atoms with Crippen LogP contribution in [0.1, 0.15) is 24.6 Å². The Morgan fingerprint density at radius 1 is 1.19 bits per heavy atom. The molecule has 3 rings (SSSR count). The molecule has 5 heteroatoms. The average molecular weight is 376 g/mol. The lowest BCUT2D eigenvalue weighted by Gasteiger charge is -2.30. The number of hydrogen-bond acceptors (Lipinski definition) is 4. The summed E-state index contributed by atoms with van der Waals surface area (Å²) in [6, 6.07) is 14.7. The normalized spacial score (nSPS) is 19.9. The SMILES string of the molecule is CCOC[C@@]1(CNc2ccccc2)CCN(Cc2ccc(C)nc2)C1.Cl. The number of aryl methyl sites for hydroxylation is 1. The van der Waals surface area contributed by atoms with Gasteiger partial charge in [0.2, 0.25) is 0 Å². The molecule has 1 aromatic heterocycles. The van der Waals surface area contributed by atoms with Crippen LogP contribution in [0, 0.1) is 12.3 Å². The summed E-state index contributed by atoms with van der Waals surface area (Å²) in [7, 11) is 0. The van der Waals surface area contributed by atoms with Gasteiger partial charge in [-0.25, -0.2) is 0 Å². The Labute approximate surface area is 163 Å². The minimum atomic E-state index is 0. The van der Waals surface area contributed by atoms with E-state index < -0.39 is 0 Å². The Hall–Kier alpha value is -1.62. The fourth-order valence-corrected chi connectivity index (χ4v) is 3.49. The summed E-state index contributed by atoms with van der Waals surface area (Å²) in [5.74, 6) is 0. The Balaban J connectivity index is 0.00000243. The first-order chi connectivity index (χ1) is 12.2. The van der Waals surface area contributed by atoms with E-state index in [2.05, 4.69) is 58.5 Å². The van der Waals surface area contributed by atoms with Crippen molar-refractivity contribution in [3.63, 3.8) is 0 Å². The molecule has 2 aromatic rings. The van der Waals surface area contributed by atoms with Crippen molar-refractivity contribution in [3.05, 3.63) is 59.9 Å². The van der Waals surface area contributed by atoms with E-state index in [0.29, 0.717) is 0 Å². The van der Waals surface area contributed by atoms with Crippen LogP contribution in [0.5, 0.6) is 0 Å². The van der Waals surface area contributed by atoms with Crippen molar-refractivity contribution in [3.8, 4) is 0 Å². The van der Waals surface area contributed by atoms with E-state index in [9.17, 15) is 0 Å². The lowest BCUT2D eigenvalue weighted by Crippen LogP contribution is -2.37. The highest BCUT2D eigenvalue weighted by Gasteiger charge is 2.38. The third kappa shape index (κ3) is 5.70. The second-order valence-corrected chi connectivity index (χ2v) is 7.13. The first kappa shape index (κ1) is 20.7. The number of pyridine rings is 1. The topological polar surface area (TPSA) is 37.4 Å². The third-order valence-corrected chi connectivity index (χ3v) is 4.95. The summed E-state index contributed by atoms with van der Waals surface area (Å²) in [5, 5.41) is 3.61. The summed E-state index contributed by atoms with van der Waals surface area (Å²) in [4.78, 5) is 6.95. The highest BCUT2D eigenvalue weighted by molar-refractivity contribution is 5.85. The lowest BCUT2D eigenvalue weighted by atomic mass is 9.88. The zero-order chi connectivity index (χ0) is 17.5. The molecule has 1 aromatic carbocycles. The van der Waals surface area contributed by atoms with Crippen LogP contribution in [0.15, 0.2) is 48.7 Å². The molecule has 1 aliphatic heterocycles. The van der Waals surface area contributed by atoms with Gasteiger partial charge in [0.25, 0.3) is 0 Å². The number of para-hydroxylation sites is 1. The fourth-order valence-electron chi connectivity index (χ4n) is 3.49. The number of anilines is 1.